The molecular formula is C23H30N2O3. The molecule has 150 valence electrons. The smallest absolute Gasteiger partial charge is 0.255 e. The van der Waals surface area contributed by atoms with Gasteiger partial charge in [-0.05, 0) is 44.0 Å². The molecule has 0 aliphatic carbocycles. The van der Waals surface area contributed by atoms with Crippen LogP contribution in [-0.2, 0) is 17.8 Å². The first-order valence-electron chi connectivity index (χ1n) is 10.0. The largest absolute Gasteiger partial charge is 0.493 e. The van der Waals surface area contributed by atoms with Gasteiger partial charge >= 0.3 is 0 Å². The van der Waals surface area contributed by atoms with Crippen molar-refractivity contribution in [2.45, 2.75) is 46.1 Å². The number of nitrogens with zero attached hydrogens (tertiary/aromatic N) is 1. The average molecular weight is 383 g/mol. The van der Waals surface area contributed by atoms with Crippen molar-refractivity contribution in [3.63, 3.8) is 0 Å². The first kappa shape index (κ1) is 20.4. The Kier molecular flexibility index (Phi) is 7.06. The van der Waals surface area contributed by atoms with Gasteiger partial charge in [-0.1, -0.05) is 36.4 Å². The van der Waals surface area contributed by atoms with Gasteiger partial charge in [-0.25, -0.2) is 0 Å². The molecule has 1 heterocycles. The van der Waals surface area contributed by atoms with Crippen LogP contribution in [0.4, 0.5) is 0 Å². The van der Waals surface area contributed by atoms with Crippen LogP contribution in [0.1, 0.15) is 42.3 Å². The normalized spacial score (nSPS) is 20.0. The predicted molar refractivity (Wildman–Crippen MR) is 111 cm³/mol. The lowest BCUT2D eigenvalue weighted by Crippen LogP contribution is -2.44. The number of hydrogen-bond donors (Lipinski definition) is 1. The second-order valence-electron chi connectivity index (χ2n) is 7.38. The van der Waals surface area contributed by atoms with Crippen LogP contribution >= 0.6 is 0 Å². The number of benzene rings is 2. The molecule has 1 fully saturated rings. The van der Waals surface area contributed by atoms with Gasteiger partial charge in [0, 0.05) is 26.2 Å². The van der Waals surface area contributed by atoms with Crippen molar-refractivity contribution < 1.29 is 14.3 Å². The van der Waals surface area contributed by atoms with E-state index in [-0.39, 0.29) is 18.1 Å². The summed E-state index contributed by atoms with van der Waals surface area (Å²) in [6.07, 6.45) is 0.551. The number of amides is 1. The third-order valence-electron chi connectivity index (χ3n) is 4.81. The van der Waals surface area contributed by atoms with E-state index in [2.05, 4.69) is 48.3 Å². The molecule has 5 heteroatoms. The van der Waals surface area contributed by atoms with Gasteiger partial charge in [0.05, 0.1) is 24.4 Å². The summed E-state index contributed by atoms with van der Waals surface area (Å²) in [6, 6.07) is 15.8. The van der Waals surface area contributed by atoms with E-state index in [1.54, 1.807) is 6.07 Å². The number of rotatable bonds is 7. The number of para-hydroxylation sites is 1. The van der Waals surface area contributed by atoms with E-state index in [1.807, 2.05) is 25.1 Å². The molecule has 1 amide bonds. The van der Waals surface area contributed by atoms with Gasteiger partial charge < -0.3 is 14.8 Å². The standard InChI is InChI=1S/C23H30N2O3/c1-4-27-22-8-6-5-7-21(22)23(26)24-13-19-9-11-20(12-10-19)16-25-14-17(2)28-18(3)15-25/h5-12,17-18H,4,13-16H2,1-3H3,(H,24,26). The topological polar surface area (TPSA) is 50.8 Å². The average Bonchev–Trinajstić information content (AvgIpc) is 2.67. The van der Waals surface area contributed by atoms with Crippen molar-refractivity contribution in [3.8, 4) is 5.75 Å². The van der Waals surface area contributed by atoms with Gasteiger partial charge in [0.25, 0.3) is 5.91 Å². The van der Waals surface area contributed by atoms with Crippen molar-refractivity contribution in [1.29, 1.82) is 0 Å². The van der Waals surface area contributed by atoms with Crippen molar-refractivity contribution in [2.75, 3.05) is 19.7 Å². The molecule has 28 heavy (non-hydrogen) atoms. The molecule has 1 N–H and O–H groups in total. The van der Waals surface area contributed by atoms with Crippen LogP contribution in [-0.4, -0.2) is 42.7 Å². The minimum absolute atomic E-state index is 0.121. The summed E-state index contributed by atoms with van der Waals surface area (Å²) in [5, 5.41) is 2.98. The van der Waals surface area contributed by atoms with E-state index in [9.17, 15) is 4.79 Å². The Morgan fingerprint density at radius 3 is 2.39 bits per heavy atom. The van der Waals surface area contributed by atoms with Gasteiger partial charge in [0.2, 0.25) is 0 Å². The number of morpholine rings is 1. The molecule has 0 spiro atoms. The van der Waals surface area contributed by atoms with Crippen LogP contribution in [0.25, 0.3) is 0 Å². The van der Waals surface area contributed by atoms with E-state index in [1.165, 1.54) is 5.56 Å². The van der Waals surface area contributed by atoms with E-state index < -0.39 is 0 Å². The van der Waals surface area contributed by atoms with Gasteiger partial charge in [0.1, 0.15) is 5.75 Å². The van der Waals surface area contributed by atoms with Crippen molar-refractivity contribution >= 4 is 5.91 Å². The van der Waals surface area contributed by atoms with E-state index in [0.29, 0.717) is 24.5 Å². The summed E-state index contributed by atoms with van der Waals surface area (Å²) in [6.45, 7) is 10.0. The van der Waals surface area contributed by atoms with Crippen LogP contribution in [0.5, 0.6) is 5.75 Å². The first-order valence-corrected chi connectivity index (χ1v) is 10.0. The molecular weight excluding hydrogens is 352 g/mol. The van der Waals surface area contributed by atoms with Crippen LogP contribution < -0.4 is 10.1 Å². The van der Waals surface area contributed by atoms with Gasteiger partial charge in [-0.2, -0.15) is 0 Å². The fourth-order valence-corrected chi connectivity index (χ4v) is 3.65. The zero-order valence-corrected chi connectivity index (χ0v) is 17.0. The van der Waals surface area contributed by atoms with E-state index >= 15 is 0 Å². The summed E-state index contributed by atoms with van der Waals surface area (Å²) < 4.78 is 11.3. The van der Waals surface area contributed by atoms with Crippen LogP contribution in [0.2, 0.25) is 0 Å². The maximum Gasteiger partial charge on any atom is 0.255 e. The predicted octanol–water partition coefficient (Wildman–Crippen LogP) is 3.62. The highest BCUT2D eigenvalue weighted by Crippen LogP contribution is 2.18. The second kappa shape index (κ2) is 9.71. The molecule has 1 saturated heterocycles. The fourth-order valence-electron chi connectivity index (χ4n) is 3.65. The van der Waals surface area contributed by atoms with E-state index in [4.69, 9.17) is 9.47 Å². The summed E-state index contributed by atoms with van der Waals surface area (Å²) in [7, 11) is 0. The minimum Gasteiger partial charge on any atom is -0.493 e. The molecule has 3 rings (SSSR count). The van der Waals surface area contributed by atoms with Crippen molar-refractivity contribution in [1.82, 2.24) is 10.2 Å². The van der Waals surface area contributed by atoms with E-state index in [0.717, 1.165) is 25.2 Å². The highest BCUT2D eigenvalue weighted by molar-refractivity contribution is 5.96. The summed E-state index contributed by atoms with van der Waals surface area (Å²) >= 11 is 0. The molecule has 1 aliphatic heterocycles. The Balaban J connectivity index is 1.54. The molecule has 2 unspecified atom stereocenters. The molecule has 5 nitrogen and oxygen atoms in total. The van der Waals surface area contributed by atoms with Crippen molar-refractivity contribution in [2.24, 2.45) is 0 Å². The maximum atomic E-state index is 12.5. The number of hydrogen-bond acceptors (Lipinski definition) is 4. The molecule has 2 aromatic rings. The minimum atomic E-state index is -0.121. The lowest BCUT2D eigenvalue weighted by Gasteiger charge is -2.35. The Morgan fingerprint density at radius 2 is 1.71 bits per heavy atom. The summed E-state index contributed by atoms with van der Waals surface area (Å²) in [5.41, 5.74) is 2.92. The number of carbonyl (C=O) groups is 1. The van der Waals surface area contributed by atoms with Gasteiger partial charge in [-0.3, -0.25) is 9.69 Å². The SMILES string of the molecule is CCOc1ccccc1C(=O)NCc1ccc(CN2CC(C)OC(C)C2)cc1. The van der Waals surface area contributed by atoms with Gasteiger partial charge in [0.15, 0.2) is 0 Å². The third-order valence-corrected chi connectivity index (χ3v) is 4.81. The van der Waals surface area contributed by atoms with Crippen molar-refractivity contribution in [3.05, 3.63) is 65.2 Å². The lowest BCUT2D eigenvalue weighted by atomic mass is 10.1. The Bertz CT molecular complexity index is 766. The Labute approximate surface area is 167 Å². The molecule has 0 bridgehead atoms. The molecule has 0 radical (unpaired) electrons. The third kappa shape index (κ3) is 5.57. The molecule has 0 saturated carbocycles. The highest BCUT2D eigenvalue weighted by atomic mass is 16.5. The van der Waals surface area contributed by atoms with Gasteiger partial charge in [-0.15, -0.1) is 0 Å². The van der Waals surface area contributed by atoms with Crippen LogP contribution in [0.15, 0.2) is 48.5 Å². The monoisotopic (exact) mass is 382 g/mol. The maximum absolute atomic E-state index is 12.5. The molecule has 0 aromatic heterocycles. The highest BCUT2D eigenvalue weighted by Gasteiger charge is 2.21. The summed E-state index contributed by atoms with van der Waals surface area (Å²) in [5.74, 6) is 0.497. The van der Waals surface area contributed by atoms with Crippen LogP contribution in [0, 0.1) is 0 Å². The second-order valence-corrected chi connectivity index (χ2v) is 7.38. The first-order chi connectivity index (χ1) is 13.5. The molecule has 1 aliphatic rings. The Hall–Kier alpha value is -2.37. The zero-order chi connectivity index (χ0) is 19.9. The lowest BCUT2D eigenvalue weighted by molar-refractivity contribution is -0.0704. The van der Waals surface area contributed by atoms with Crippen LogP contribution in [0.3, 0.4) is 0 Å². The number of carbonyl (C=O) groups excluding carboxylic acids is 1. The number of nitrogens with one attached hydrogen (secondary N) is 1. The quantitative estimate of drug-likeness (QED) is 0.795. The molecule has 2 atom stereocenters. The zero-order valence-electron chi connectivity index (χ0n) is 17.0. The fraction of sp³-hybridized carbons (Fsp3) is 0.435. The Morgan fingerprint density at radius 1 is 1.07 bits per heavy atom. The molecule has 2 aromatic carbocycles. The summed E-state index contributed by atoms with van der Waals surface area (Å²) in [4.78, 5) is 14.9. The number of ether oxygens (including phenoxy) is 2.